The Morgan fingerprint density at radius 1 is 1.47 bits per heavy atom. The number of anilines is 1. The minimum atomic E-state index is -0.0875. The first kappa shape index (κ1) is 12.1. The summed E-state index contributed by atoms with van der Waals surface area (Å²) in [6.45, 7) is 3.85. The van der Waals surface area contributed by atoms with Crippen molar-refractivity contribution in [2.75, 3.05) is 18.4 Å². The lowest BCUT2D eigenvalue weighted by Crippen LogP contribution is -2.20. The monoisotopic (exact) mass is 236 g/mol. The van der Waals surface area contributed by atoms with E-state index >= 15 is 0 Å². The minimum Gasteiger partial charge on any atom is -0.370 e. The lowest BCUT2D eigenvalue weighted by atomic mass is 10.4. The number of nitrogens with one attached hydrogen (secondary N) is 3. The summed E-state index contributed by atoms with van der Waals surface area (Å²) in [6, 6.07) is 2.27. The third kappa shape index (κ3) is 4.19. The van der Waals surface area contributed by atoms with Crippen LogP contribution in [0.3, 0.4) is 0 Å². The molecule has 1 aromatic heterocycles. The summed E-state index contributed by atoms with van der Waals surface area (Å²) in [5.74, 6) is 1.41. The van der Waals surface area contributed by atoms with Crippen molar-refractivity contribution in [3.05, 3.63) is 22.2 Å². The quantitative estimate of drug-likeness (QED) is 0.615. The van der Waals surface area contributed by atoms with Gasteiger partial charge in [0, 0.05) is 25.1 Å². The number of aryl methyl sites for hydroxylation is 1. The molecule has 5 heteroatoms. The Morgan fingerprint density at radius 2 is 2.29 bits per heavy atom. The molecule has 0 radical (unpaired) electrons. The van der Waals surface area contributed by atoms with Gasteiger partial charge in [0.1, 0.15) is 11.6 Å². The molecule has 1 heterocycles. The average molecular weight is 236 g/mol. The molecule has 0 amide bonds. The van der Waals surface area contributed by atoms with Crippen molar-refractivity contribution in [3.8, 4) is 0 Å². The van der Waals surface area contributed by atoms with Crippen molar-refractivity contribution < 1.29 is 0 Å². The van der Waals surface area contributed by atoms with Crippen LogP contribution in [0.15, 0.2) is 10.9 Å². The first-order valence-electron chi connectivity index (χ1n) is 6.35. The van der Waals surface area contributed by atoms with Crippen molar-refractivity contribution in [2.45, 2.75) is 38.6 Å². The van der Waals surface area contributed by atoms with E-state index in [9.17, 15) is 4.79 Å². The molecule has 94 valence electrons. The molecule has 1 fully saturated rings. The first-order valence-corrected chi connectivity index (χ1v) is 6.35. The van der Waals surface area contributed by atoms with Gasteiger partial charge in [-0.1, -0.05) is 6.92 Å². The average Bonchev–Trinajstić information content (AvgIpc) is 3.12. The van der Waals surface area contributed by atoms with E-state index in [1.807, 2.05) is 6.92 Å². The lowest BCUT2D eigenvalue weighted by molar-refractivity contribution is 0.658. The number of aromatic nitrogens is 2. The summed E-state index contributed by atoms with van der Waals surface area (Å²) >= 11 is 0. The Kier molecular flexibility index (Phi) is 4.14. The maximum absolute atomic E-state index is 11.3. The van der Waals surface area contributed by atoms with E-state index in [0.717, 1.165) is 37.8 Å². The van der Waals surface area contributed by atoms with Gasteiger partial charge < -0.3 is 15.6 Å². The SMILES string of the molecule is CCc1nc(NCCCNC2CC2)cc(=O)[nH]1. The van der Waals surface area contributed by atoms with Gasteiger partial charge in [0.2, 0.25) is 0 Å². The molecule has 0 aromatic carbocycles. The molecule has 1 aliphatic rings. The molecular formula is C12H20N4O. The predicted octanol–water partition coefficient (Wildman–Crippen LogP) is 0.886. The van der Waals surface area contributed by atoms with E-state index in [2.05, 4.69) is 20.6 Å². The first-order chi connectivity index (χ1) is 8.28. The minimum absolute atomic E-state index is 0.0875. The molecule has 3 N–H and O–H groups in total. The standard InChI is InChI=1S/C12H20N4O/c1-2-10-15-11(8-12(17)16-10)14-7-3-6-13-9-4-5-9/h8-9,13H,2-7H2,1H3,(H2,14,15,16,17). The highest BCUT2D eigenvalue weighted by Crippen LogP contribution is 2.18. The normalized spacial score (nSPS) is 14.9. The number of rotatable bonds is 7. The smallest absolute Gasteiger partial charge is 0.252 e. The number of nitrogens with zero attached hydrogens (tertiary/aromatic N) is 1. The number of hydrogen-bond donors (Lipinski definition) is 3. The predicted molar refractivity (Wildman–Crippen MR) is 68.4 cm³/mol. The van der Waals surface area contributed by atoms with E-state index in [0.29, 0.717) is 5.82 Å². The summed E-state index contributed by atoms with van der Waals surface area (Å²) in [6.07, 6.45) is 4.44. The molecular weight excluding hydrogens is 216 g/mol. The lowest BCUT2D eigenvalue weighted by Gasteiger charge is -2.06. The van der Waals surface area contributed by atoms with Crippen molar-refractivity contribution in [1.29, 1.82) is 0 Å². The van der Waals surface area contributed by atoms with E-state index in [4.69, 9.17) is 0 Å². The molecule has 1 aliphatic carbocycles. The fourth-order valence-corrected chi connectivity index (χ4v) is 1.66. The number of hydrogen-bond acceptors (Lipinski definition) is 4. The van der Waals surface area contributed by atoms with Crippen LogP contribution < -0.4 is 16.2 Å². The van der Waals surface area contributed by atoms with Crippen LogP contribution in [0.1, 0.15) is 32.0 Å². The molecule has 1 aromatic rings. The third-order valence-electron chi connectivity index (χ3n) is 2.80. The van der Waals surface area contributed by atoms with Crippen LogP contribution in [-0.2, 0) is 6.42 Å². The van der Waals surface area contributed by atoms with Gasteiger partial charge in [0.25, 0.3) is 5.56 Å². The van der Waals surface area contributed by atoms with Gasteiger partial charge in [-0.2, -0.15) is 0 Å². The fourth-order valence-electron chi connectivity index (χ4n) is 1.66. The molecule has 0 saturated heterocycles. The van der Waals surface area contributed by atoms with Gasteiger partial charge in [0.05, 0.1) is 0 Å². The molecule has 17 heavy (non-hydrogen) atoms. The van der Waals surface area contributed by atoms with Gasteiger partial charge >= 0.3 is 0 Å². The second-order valence-corrected chi connectivity index (χ2v) is 4.44. The van der Waals surface area contributed by atoms with Crippen molar-refractivity contribution in [1.82, 2.24) is 15.3 Å². The summed E-state index contributed by atoms with van der Waals surface area (Å²) in [5.41, 5.74) is -0.0875. The molecule has 5 nitrogen and oxygen atoms in total. The zero-order valence-electron chi connectivity index (χ0n) is 10.3. The van der Waals surface area contributed by atoms with Gasteiger partial charge in [-0.15, -0.1) is 0 Å². The summed E-state index contributed by atoms with van der Waals surface area (Å²) in [4.78, 5) is 18.3. The summed E-state index contributed by atoms with van der Waals surface area (Å²) in [5, 5.41) is 6.63. The molecule has 0 bridgehead atoms. The van der Waals surface area contributed by atoms with Crippen LogP contribution in [0.5, 0.6) is 0 Å². The largest absolute Gasteiger partial charge is 0.370 e. The Bertz CT molecular complexity index is 411. The summed E-state index contributed by atoms with van der Waals surface area (Å²) in [7, 11) is 0. The highest BCUT2D eigenvalue weighted by molar-refractivity contribution is 5.32. The zero-order chi connectivity index (χ0) is 12.1. The molecule has 0 spiro atoms. The Morgan fingerprint density at radius 3 is 3.00 bits per heavy atom. The molecule has 0 unspecified atom stereocenters. The molecule has 1 saturated carbocycles. The van der Waals surface area contributed by atoms with Gasteiger partial charge in [-0.3, -0.25) is 4.79 Å². The topological polar surface area (TPSA) is 69.8 Å². The van der Waals surface area contributed by atoms with Crippen LogP contribution in [0.2, 0.25) is 0 Å². The van der Waals surface area contributed by atoms with Crippen LogP contribution in [-0.4, -0.2) is 29.1 Å². The molecule has 0 atom stereocenters. The van der Waals surface area contributed by atoms with E-state index < -0.39 is 0 Å². The maximum atomic E-state index is 11.3. The maximum Gasteiger partial charge on any atom is 0.252 e. The fraction of sp³-hybridized carbons (Fsp3) is 0.667. The Hall–Kier alpha value is -1.36. The molecule has 2 rings (SSSR count). The number of aromatic amines is 1. The van der Waals surface area contributed by atoms with Crippen LogP contribution in [0, 0.1) is 0 Å². The van der Waals surface area contributed by atoms with E-state index in [1.54, 1.807) is 0 Å². The van der Waals surface area contributed by atoms with E-state index in [-0.39, 0.29) is 5.56 Å². The van der Waals surface area contributed by atoms with Crippen molar-refractivity contribution >= 4 is 5.82 Å². The van der Waals surface area contributed by atoms with Gasteiger partial charge in [0.15, 0.2) is 0 Å². The van der Waals surface area contributed by atoms with Crippen LogP contribution in [0.25, 0.3) is 0 Å². The van der Waals surface area contributed by atoms with E-state index in [1.165, 1.54) is 18.9 Å². The van der Waals surface area contributed by atoms with Gasteiger partial charge in [-0.25, -0.2) is 4.98 Å². The highest BCUT2D eigenvalue weighted by Gasteiger charge is 2.19. The summed E-state index contributed by atoms with van der Waals surface area (Å²) < 4.78 is 0. The highest BCUT2D eigenvalue weighted by atomic mass is 16.1. The van der Waals surface area contributed by atoms with Gasteiger partial charge in [-0.05, 0) is 25.8 Å². The Balaban J connectivity index is 1.73. The number of H-pyrrole nitrogens is 1. The third-order valence-corrected chi connectivity index (χ3v) is 2.80. The van der Waals surface area contributed by atoms with Crippen LogP contribution >= 0.6 is 0 Å². The molecule has 0 aliphatic heterocycles. The van der Waals surface area contributed by atoms with Crippen molar-refractivity contribution in [3.63, 3.8) is 0 Å². The van der Waals surface area contributed by atoms with Crippen LogP contribution in [0.4, 0.5) is 5.82 Å². The van der Waals surface area contributed by atoms with Crippen molar-refractivity contribution in [2.24, 2.45) is 0 Å². The second-order valence-electron chi connectivity index (χ2n) is 4.44. The zero-order valence-corrected chi connectivity index (χ0v) is 10.3. The second kappa shape index (κ2) is 5.82. The Labute approximate surface area is 101 Å².